The molecule has 1 rings (SSSR count). The second kappa shape index (κ2) is 6.25. The molecule has 0 aliphatic heterocycles. The zero-order chi connectivity index (χ0) is 12.0. The fraction of sp³-hybridized carbons (Fsp3) is 0.417. The minimum atomic E-state index is -0.284. The highest BCUT2D eigenvalue weighted by atomic mass is 16.7. The van der Waals surface area contributed by atoms with Crippen molar-refractivity contribution in [2.45, 2.75) is 20.3 Å². The standard InChI is InChI=1S/C12H17NO3/c1-3-10-4-5-11(9(2)8-10)12(15)13-16-7-6-14/h4-5,8,14H,3,6-7H2,1-2H3,(H,13,15). The maximum absolute atomic E-state index is 11.6. The lowest BCUT2D eigenvalue weighted by Crippen LogP contribution is -2.25. The van der Waals surface area contributed by atoms with Crippen LogP contribution in [0.1, 0.15) is 28.4 Å². The van der Waals surface area contributed by atoms with Crippen molar-refractivity contribution in [2.75, 3.05) is 13.2 Å². The zero-order valence-electron chi connectivity index (χ0n) is 9.62. The van der Waals surface area contributed by atoms with E-state index >= 15 is 0 Å². The number of aliphatic hydroxyl groups excluding tert-OH is 1. The van der Waals surface area contributed by atoms with Crippen LogP contribution in [0.25, 0.3) is 0 Å². The molecule has 2 N–H and O–H groups in total. The van der Waals surface area contributed by atoms with Crippen LogP contribution in [0.15, 0.2) is 18.2 Å². The molecular weight excluding hydrogens is 206 g/mol. The summed E-state index contributed by atoms with van der Waals surface area (Å²) in [5.74, 6) is -0.284. The lowest BCUT2D eigenvalue weighted by atomic mass is 10.0. The van der Waals surface area contributed by atoms with Gasteiger partial charge >= 0.3 is 0 Å². The minimum Gasteiger partial charge on any atom is -0.394 e. The highest BCUT2D eigenvalue weighted by Gasteiger charge is 2.08. The van der Waals surface area contributed by atoms with E-state index in [-0.39, 0.29) is 19.1 Å². The Kier molecular flexibility index (Phi) is 4.95. The van der Waals surface area contributed by atoms with E-state index in [0.29, 0.717) is 5.56 Å². The molecule has 0 aromatic heterocycles. The Hall–Kier alpha value is -1.39. The number of aliphatic hydroxyl groups is 1. The van der Waals surface area contributed by atoms with Gasteiger partial charge in [-0.1, -0.05) is 19.1 Å². The van der Waals surface area contributed by atoms with E-state index in [4.69, 9.17) is 9.94 Å². The van der Waals surface area contributed by atoms with Gasteiger partial charge in [0.25, 0.3) is 5.91 Å². The molecule has 0 spiro atoms. The topological polar surface area (TPSA) is 58.6 Å². The van der Waals surface area contributed by atoms with Gasteiger partial charge in [0.1, 0.15) is 0 Å². The molecule has 88 valence electrons. The third-order valence-corrected chi connectivity index (χ3v) is 2.30. The summed E-state index contributed by atoms with van der Waals surface area (Å²) in [5, 5.41) is 8.50. The summed E-state index contributed by atoms with van der Waals surface area (Å²) in [6.45, 7) is 3.94. The normalized spacial score (nSPS) is 10.2. The van der Waals surface area contributed by atoms with Gasteiger partial charge in [-0.25, -0.2) is 5.48 Å². The number of nitrogens with one attached hydrogen (secondary N) is 1. The number of carbonyl (C=O) groups is 1. The summed E-state index contributed by atoms with van der Waals surface area (Å²) in [6, 6.07) is 5.70. The fourth-order valence-electron chi connectivity index (χ4n) is 1.42. The maximum Gasteiger partial charge on any atom is 0.275 e. The number of rotatable bonds is 5. The monoisotopic (exact) mass is 223 g/mol. The second-order valence-electron chi connectivity index (χ2n) is 3.51. The molecule has 0 saturated carbocycles. The van der Waals surface area contributed by atoms with Crippen molar-refractivity contribution in [3.8, 4) is 0 Å². The Labute approximate surface area is 95.2 Å². The Morgan fingerprint density at radius 3 is 2.81 bits per heavy atom. The van der Waals surface area contributed by atoms with Gasteiger partial charge in [0.05, 0.1) is 13.2 Å². The average Bonchev–Trinajstić information content (AvgIpc) is 2.29. The highest BCUT2D eigenvalue weighted by Crippen LogP contribution is 2.11. The molecule has 0 saturated heterocycles. The first kappa shape index (κ1) is 12.7. The van der Waals surface area contributed by atoms with Crippen LogP contribution >= 0.6 is 0 Å². The van der Waals surface area contributed by atoms with Crippen LogP contribution in [0.3, 0.4) is 0 Å². The zero-order valence-corrected chi connectivity index (χ0v) is 9.62. The third kappa shape index (κ3) is 3.32. The number of benzene rings is 1. The molecule has 0 bridgehead atoms. The molecule has 0 radical (unpaired) electrons. The molecule has 0 aliphatic carbocycles. The number of hydroxylamine groups is 1. The number of aryl methyl sites for hydroxylation is 2. The van der Waals surface area contributed by atoms with Crippen LogP contribution in [-0.4, -0.2) is 24.2 Å². The van der Waals surface area contributed by atoms with E-state index in [1.165, 1.54) is 5.56 Å². The molecule has 0 atom stereocenters. The first-order chi connectivity index (χ1) is 7.69. The molecule has 0 fully saturated rings. The van der Waals surface area contributed by atoms with Crippen LogP contribution in [0.4, 0.5) is 0 Å². The van der Waals surface area contributed by atoms with Crippen molar-refractivity contribution in [2.24, 2.45) is 0 Å². The van der Waals surface area contributed by atoms with Crippen molar-refractivity contribution in [3.05, 3.63) is 34.9 Å². The number of hydrogen-bond acceptors (Lipinski definition) is 3. The van der Waals surface area contributed by atoms with Gasteiger partial charge in [-0.15, -0.1) is 0 Å². The summed E-state index contributed by atoms with van der Waals surface area (Å²) in [5.41, 5.74) is 4.99. The van der Waals surface area contributed by atoms with Gasteiger partial charge in [0.2, 0.25) is 0 Å². The third-order valence-electron chi connectivity index (χ3n) is 2.30. The van der Waals surface area contributed by atoms with Crippen molar-refractivity contribution in [3.63, 3.8) is 0 Å². The maximum atomic E-state index is 11.6. The predicted octanol–water partition coefficient (Wildman–Crippen LogP) is 1.21. The molecule has 1 aromatic rings. The Balaban J connectivity index is 2.68. The van der Waals surface area contributed by atoms with Crippen LogP contribution in [0, 0.1) is 6.92 Å². The Bertz CT molecular complexity index is 363. The minimum absolute atomic E-state index is 0.0951. The van der Waals surface area contributed by atoms with Crippen LogP contribution < -0.4 is 5.48 Å². The molecule has 1 aromatic carbocycles. The predicted molar refractivity (Wildman–Crippen MR) is 61.1 cm³/mol. The molecular formula is C12H17NO3. The highest BCUT2D eigenvalue weighted by molar-refractivity contribution is 5.94. The van der Waals surface area contributed by atoms with Crippen LogP contribution in [0.2, 0.25) is 0 Å². The Morgan fingerprint density at radius 1 is 1.50 bits per heavy atom. The molecule has 0 aliphatic rings. The van der Waals surface area contributed by atoms with Gasteiger partial charge in [-0.3, -0.25) is 9.63 Å². The SMILES string of the molecule is CCc1ccc(C(=O)NOCCO)c(C)c1. The second-order valence-corrected chi connectivity index (χ2v) is 3.51. The average molecular weight is 223 g/mol. The smallest absolute Gasteiger partial charge is 0.275 e. The summed E-state index contributed by atoms with van der Waals surface area (Å²) in [7, 11) is 0. The van der Waals surface area contributed by atoms with E-state index in [1.54, 1.807) is 6.07 Å². The molecule has 16 heavy (non-hydrogen) atoms. The van der Waals surface area contributed by atoms with Gasteiger partial charge in [-0.05, 0) is 30.5 Å². The van der Waals surface area contributed by atoms with Crippen molar-refractivity contribution >= 4 is 5.91 Å². The van der Waals surface area contributed by atoms with E-state index in [9.17, 15) is 4.79 Å². The summed E-state index contributed by atoms with van der Waals surface area (Å²) >= 11 is 0. The van der Waals surface area contributed by atoms with Crippen molar-refractivity contribution < 1.29 is 14.7 Å². The van der Waals surface area contributed by atoms with Gasteiger partial charge < -0.3 is 5.11 Å². The largest absolute Gasteiger partial charge is 0.394 e. The van der Waals surface area contributed by atoms with E-state index in [0.717, 1.165) is 12.0 Å². The first-order valence-electron chi connectivity index (χ1n) is 5.31. The lowest BCUT2D eigenvalue weighted by Gasteiger charge is -2.08. The lowest BCUT2D eigenvalue weighted by molar-refractivity contribution is 0.0168. The van der Waals surface area contributed by atoms with Gasteiger partial charge in [-0.2, -0.15) is 0 Å². The van der Waals surface area contributed by atoms with E-state index < -0.39 is 0 Å². The van der Waals surface area contributed by atoms with E-state index in [1.807, 2.05) is 19.1 Å². The molecule has 1 amide bonds. The molecule has 0 unspecified atom stereocenters. The van der Waals surface area contributed by atoms with Gasteiger partial charge in [0, 0.05) is 5.56 Å². The molecule has 4 heteroatoms. The number of amides is 1. The van der Waals surface area contributed by atoms with Gasteiger partial charge in [0.15, 0.2) is 0 Å². The van der Waals surface area contributed by atoms with Crippen LogP contribution in [0.5, 0.6) is 0 Å². The summed E-state index contributed by atoms with van der Waals surface area (Å²) < 4.78 is 0. The number of carbonyl (C=O) groups excluding carboxylic acids is 1. The first-order valence-corrected chi connectivity index (χ1v) is 5.31. The quantitative estimate of drug-likeness (QED) is 0.582. The van der Waals surface area contributed by atoms with E-state index in [2.05, 4.69) is 12.4 Å². The van der Waals surface area contributed by atoms with Crippen molar-refractivity contribution in [1.82, 2.24) is 5.48 Å². The summed E-state index contributed by atoms with van der Waals surface area (Å²) in [4.78, 5) is 16.4. The fourth-order valence-corrected chi connectivity index (χ4v) is 1.42. The van der Waals surface area contributed by atoms with Crippen molar-refractivity contribution in [1.29, 1.82) is 0 Å². The molecule has 4 nitrogen and oxygen atoms in total. The summed E-state index contributed by atoms with van der Waals surface area (Å²) in [6.07, 6.45) is 0.948. The number of hydrogen-bond donors (Lipinski definition) is 2. The molecule has 0 heterocycles. The Morgan fingerprint density at radius 2 is 2.25 bits per heavy atom. The van der Waals surface area contributed by atoms with Crippen LogP contribution in [-0.2, 0) is 11.3 Å².